The van der Waals surface area contributed by atoms with Gasteiger partial charge in [-0.05, 0) is 24.6 Å². The van der Waals surface area contributed by atoms with Gasteiger partial charge >= 0.3 is 0 Å². The Bertz CT molecular complexity index is 703. The number of hydrogen-bond acceptors (Lipinski definition) is 3. The highest BCUT2D eigenvalue weighted by Gasteiger charge is 2.11. The third kappa shape index (κ3) is 1.62. The normalized spacial score (nSPS) is 10.8. The molecule has 18 heavy (non-hydrogen) atoms. The summed E-state index contributed by atoms with van der Waals surface area (Å²) >= 11 is 0. The summed E-state index contributed by atoms with van der Waals surface area (Å²) in [4.78, 5) is 12.0. The number of ether oxygens (including phenoxy) is 1. The fourth-order valence-corrected chi connectivity index (χ4v) is 2.04. The van der Waals surface area contributed by atoms with Gasteiger partial charge in [-0.2, -0.15) is 0 Å². The Morgan fingerprint density at radius 2 is 2.11 bits per heavy atom. The number of aromatic amines is 1. The Kier molecular flexibility index (Phi) is 2.48. The number of H-pyrrole nitrogens is 1. The summed E-state index contributed by atoms with van der Waals surface area (Å²) in [6, 6.07) is 7.98. The van der Waals surface area contributed by atoms with Gasteiger partial charge < -0.3 is 9.72 Å². The molecule has 1 aromatic carbocycles. The van der Waals surface area contributed by atoms with E-state index in [4.69, 9.17) is 4.74 Å². The average molecular weight is 239 g/mol. The van der Waals surface area contributed by atoms with Crippen molar-refractivity contribution in [2.75, 3.05) is 7.11 Å². The number of aromatic nitrogens is 3. The maximum Gasteiger partial charge on any atom is 0.148 e. The molecule has 0 saturated heterocycles. The Morgan fingerprint density at radius 1 is 1.22 bits per heavy atom. The van der Waals surface area contributed by atoms with E-state index in [0.717, 1.165) is 28.0 Å². The minimum absolute atomic E-state index is 0.717. The molecule has 2 aromatic heterocycles. The third-order valence-electron chi connectivity index (χ3n) is 2.97. The standard InChI is InChI=1S/C14H13N3O/c1-9-4-3-5-11-13(9)17-14(16-11)10-6-7-15-8-12(10)18-2/h3-8H,1-2H3,(H,16,17). The van der Waals surface area contributed by atoms with Gasteiger partial charge in [-0.15, -0.1) is 0 Å². The number of nitrogens with one attached hydrogen (secondary N) is 1. The number of rotatable bonds is 2. The van der Waals surface area contributed by atoms with Crippen LogP contribution in [0.5, 0.6) is 5.75 Å². The van der Waals surface area contributed by atoms with E-state index in [1.165, 1.54) is 0 Å². The van der Waals surface area contributed by atoms with Gasteiger partial charge in [0.05, 0.1) is 29.9 Å². The first kappa shape index (κ1) is 10.8. The second-order valence-electron chi connectivity index (χ2n) is 4.13. The smallest absolute Gasteiger partial charge is 0.148 e. The number of imidazole rings is 1. The van der Waals surface area contributed by atoms with Crippen molar-refractivity contribution in [1.29, 1.82) is 0 Å². The SMILES string of the molecule is COc1cnccc1-c1nc2c(C)cccc2[nH]1. The van der Waals surface area contributed by atoms with Crippen LogP contribution in [0, 0.1) is 6.92 Å². The summed E-state index contributed by atoms with van der Waals surface area (Å²) in [7, 11) is 1.63. The van der Waals surface area contributed by atoms with Crippen LogP contribution in [-0.4, -0.2) is 22.1 Å². The molecule has 1 N–H and O–H groups in total. The lowest BCUT2D eigenvalue weighted by molar-refractivity contribution is 0.414. The number of pyridine rings is 1. The van der Waals surface area contributed by atoms with E-state index < -0.39 is 0 Å². The number of aryl methyl sites for hydroxylation is 1. The molecular formula is C14H13N3O. The molecule has 0 spiro atoms. The van der Waals surface area contributed by atoms with Crippen LogP contribution in [0.3, 0.4) is 0 Å². The van der Waals surface area contributed by atoms with Crippen LogP contribution >= 0.6 is 0 Å². The van der Waals surface area contributed by atoms with Crippen LogP contribution in [0.2, 0.25) is 0 Å². The Morgan fingerprint density at radius 3 is 2.89 bits per heavy atom. The number of para-hydroxylation sites is 1. The van der Waals surface area contributed by atoms with Crippen molar-refractivity contribution in [3.8, 4) is 17.1 Å². The maximum atomic E-state index is 5.30. The molecule has 4 heteroatoms. The quantitative estimate of drug-likeness (QED) is 0.748. The highest BCUT2D eigenvalue weighted by atomic mass is 16.5. The van der Waals surface area contributed by atoms with Crippen LogP contribution in [0.4, 0.5) is 0 Å². The molecule has 0 radical (unpaired) electrons. The number of nitrogens with zero attached hydrogens (tertiary/aromatic N) is 2. The average Bonchev–Trinajstić information content (AvgIpc) is 2.84. The molecule has 0 bridgehead atoms. The summed E-state index contributed by atoms with van der Waals surface area (Å²) < 4.78 is 5.30. The van der Waals surface area contributed by atoms with Crippen molar-refractivity contribution >= 4 is 11.0 Å². The molecule has 0 aliphatic rings. The number of fused-ring (bicyclic) bond motifs is 1. The molecule has 4 nitrogen and oxygen atoms in total. The van der Waals surface area contributed by atoms with E-state index >= 15 is 0 Å². The van der Waals surface area contributed by atoms with Crippen molar-refractivity contribution in [3.63, 3.8) is 0 Å². The van der Waals surface area contributed by atoms with Crippen molar-refractivity contribution in [3.05, 3.63) is 42.2 Å². The van der Waals surface area contributed by atoms with Gasteiger partial charge in [0.25, 0.3) is 0 Å². The molecule has 2 heterocycles. The topological polar surface area (TPSA) is 50.8 Å². The van der Waals surface area contributed by atoms with Crippen LogP contribution in [0.1, 0.15) is 5.56 Å². The predicted octanol–water partition coefficient (Wildman–Crippen LogP) is 2.94. The van der Waals surface area contributed by atoms with Gasteiger partial charge in [0, 0.05) is 6.20 Å². The largest absolute Gasteiger partial charge is 0.494 e. The van der Waals surface area contributed by atoms with Gasteiger partial charge in [0.2, 0.25) is 0 Å². The first-order chi connectivity index (χ1) is 8.79. The zero-order chi connectivity index (χ0) is 12.5. The van der Waals surface area contributed by atoms with Gasteiger partial charge in [0.1, 0.15) is 11.6 Å². The first-order valence-corrected chi connectivity index (χ1v) is 5.73. The molecule has 0 amide bonds. The lowest BCUT2D eigenvalue weighted by atomic mass is 10.2. The van der Waals surface area contributed by atoms with Crippen molar-refractivity contribution < 1.29 is 4.74 Å². The summed E-state index contributed by atoms with van der Waals surface area (Å²) in [5.41, 5.74) is 4.10. The van der Waals surface area contributed by atoms with Crippen LogP contribution in [0.15, 0.2) is 36.7 Å². The minimum Gasteiger partial charge on any atom is -0.494 e. The highest BCUT2D eigenvalue weighted by Crippen LogP contribution is 2.28. The van der Waals surface area contributed by atoms with E-state index in [0.29, 0.717) is 5.75 Å². The van der Waals surface area contributed by atoms with Crippen molar-refractivity contribution in [2.45, 2.75) is 6.92 Å². The fourth-order valence-electron chi connectivity index (χ4n) is 2.04. The first-order valence-electron chi connectivity index (χ1n) is 5.73. The molecular weight excluding hydrogens is 226 g/mol. The molecule has 3 rings (SSSR count). The number of methoxy groups -OCH3 is 1. The van der Waals surface area contributed by atoms with E-state index in [1.807, 2.05) is 18.2 Å². The van der Waals surface area contributed by atoms with Crippen LogP contribution < -0.4 is 4.74 Å². The van der Waals surface area contributed by atoms with E-state index in [-0.39, 0.29) is 0 Å². The van der Waals surface area contributed by atoms with Crippen molar-refractivity contribution in [2.24, 2.45) is 0 Å². The predicted molar refractivity (Wildman–Crippen MR) is 70.6 cm³/mol. The lowest BCUT2D eigenvalue weighted by Gasteiger charge is -2.03. The van der Waals surface area contributed by atoms with Gasteiger partial charge in [0.15, 0.2) is 0 Å². The van der Waals surface area contributed by atoms with Gasteiger partial charge in [-0.1, -0.05) is 12.1 Å². The Balaban J connectivity index is 2.23. The number of hydrogen-bond donors (Lipinski definition) is 1. The van der Waals surface area contributed by atoms with Crippen molar-refractivity contribution in [1.82, 2.24) is 15.0 Å². The summed E-state index contributed by atoms with van der Waals surface area (Å²) in [6.45, 7) is 2.05. The molecule has 0 unspecified atom stereocenters. The molecule has 0 atom stereocenters. The summed E-state index contributed by atoms with van der Waals surface area (Å²) in [6.07, 6.45) is 3.42. The summed E-state index contributed by atoms with van der Waals surface area (Å²) in [5, 5.41) is 0. The second-order valence-corrected chi connectivity index (χ2v) is 4.13. The molecule has 0 saturated carbocycles. The molecule has 0 fully saturated rings. The van der Waals surface area contributed by atoms with Crippen LogP contribution in [0.25, 0.3) is 22.4 Å². The molecule has 0 aliphatic heterocycles. The van der Waals surface area contributed by atoms with E-state index in [2.05, 4.69) is 27.9 Å². The second kappa shape index (κ2) is 4.14. The third-order valence-corrected chi connectivity index (χ3v) is 2.97. The molecule has 90 valence electrons. The van der Waals surface area contributed by atoms with Crippen LogP contribution in [-0.2, 0) is 0 Å². The van der Waals surface area contributed by atoms with Gasteiger partial charge in [-0.3, -0.25) is 4.98 Å². The summed E-state index contributed by atoms with van der Waals surface area (Å²) in [5.74, 6) is 1.52. The molecule has 3 aromatic rings. The lowest BCUT2D eigenvalue weighted by Crippen LogP contribution is -1.89. The highest BCUT2D eigenvalue weighted by molar-refractivity contribution is 5.83. The zero-order valence-corrected chi connectivity index (χ0v) is 10.3. The Labute approximate surface area is 105 Å². The van der Waals surface area contributed by atoms with E-state index in [9.17, 15) is 0 Å². The van der Waals surface area contributed by atoms with E-state index in [1.54, 1.807) is 19.5 Å². The van der Waals surface area contributed by atoms with Gasteiger partial charge in [-0.25, -0.2) is 4.98 Å². The maximum absolute atomic E-state index is 5.30. The Hall–Kier alpha value is -2.36. The minimum atomic E-state index is 0.717. The number of benzene rings is 1. The fraction of sp³-hybridized carbons (Fsp3) is 0.143. The zero-order valence-electron chi connectivity index (χ0n) is 10.3. The molecule has 0 aliphatic carbocycles. The monoisotopic (exact) mass is 239 g/mol.